The summed E-state index contributed by atoms with van der Waals surface area (Å²) in [4.78, 5) is 0. The molecule has 0 spiro atoms. The molecule has 0 amide bonds. The van der Waals surface area contributed by atoms with Crippen molar-refractivity contribution in [1.29, 1.82) is 5.26 Å². The standard InChI is InChI=1S/C16H14ClFN2/c1-16(11-19,10-12-4-2-6-14(18)8-12)20-15-7-3-5-13(17)9-15/h2-9,20H,10H2,1H3. The number of hydrogen-bond acceptors (Lipinski definition) is 2. The molecule has 2 rings (SSSR count). The summed E-state index contributed by atoms with van der Waals surface area (Å²) >= 11 is 5.93. The molecular formula is C16H14ClFN2. The Bertz CT molecular complexity index is 601. The molecule has 1 atom stereocenters. The van der Waals surface area contributed by atoms with Crippen molar-refractivity contribution in [2.75, 3.05) is 5.32 Å². The summed E-state index contributed by atoms with van der Waals surface area (Å²) in [6, 6.07) is 15.7. The second-order valence-electron chi connectivity index (χ2n) is 4.89. The van der Waals surface area contributed by atoms with E-state index in [0.717, 1.165) is 11.3 Å². The molecule has 0 bridgehead atoms. The third-order valence-electron chi connectivity index (χ3n) is 2.94. The van der Waals surface area contributed by atoms with Crippen LogP contribution >= 0.6 is 11.6 Å². The number of rotatable bonds is 4. The third kappa shape index (κ3) is 3.72. The fourth-order valence-corrected chi connectivity index (χ4v) is 2.24. The zero-order valence-electron chi connectivity index (χ0n) is 11.0. The number of halogens is 2. The van der Waals surface area contributed by atoms with Crippen LogP contribution in [0.2, 0.25) is 5.02 Å². The Hall–Kier alpha value is -2.05. The smallest absolute Gasteiger partial charge is 0.126 e. The Kier molecular flexibility index (Phi) is 4.26. The number of benzene rings is 2. The normalized spacial score (nSPS) is 13.3. The van der Waals surface area contributed by atoms with E-state index in [2.05, 4.69) is 11.4 Å². The molecule has 20 heavy (non-hydrogen) atoms. The van der Waals surface area contributed by atoms with Gasteiger partial charge in [-0.15, -0.1) is 0 Å². The van der Waals surface area contributed by atoms with Crippen LogP contribution in [0, 0.1) is 17.1 Å². The van der Waals surface area contributed by atoms with Crippen molar-refractivity contribution in [3.05, 3.63) is 64.9 Å². The first-order valence-corrected chi connectivity index (χ1v) is 6.58. The van der Waals surface area contributed by atoms with Crippen LogP contribution in [0.4, 0.5) is 10.1 Å². The summed E-state index contributed by atoms with van der Waals surface area (Å²) in [5.74, 6) is -0.300. The number of nitrogens with one attached hydrogen (secondary N) is 1. The van der Waals surface area contributed by atoms with Gasteiger partial charge in [0.2, 0.25) is 0 Å². The molecule has 2 aromatic carbocycles. The molecule has 2 aromatic rings. The summed E-state index contributed by atoms with van der Waals surface area (Å²) in [5, 5.41) is 13.2. The van der Waals surface area contributed by atoms with Crippen molar-refractivity contribution >= 4 is 17.3 Å². The molecule has 2 nitrogen and oxygen atoms in total. The minimum Gasteiger partial charge on any atom is -0.367 e. The third-order valence-corrected chi connectivity index (χ3v) is 3.17. The molecule has 0 aliphatic carbocycles. The van der Waals surface area contributed by atoms with Crippen LogP contribution in [-0.2, 0) is 6.42 Å². The summed E-state index contributed by atoms with van der Waals surface area (Å²) in [5.41, 5.74) is 0.694. The molecule has 0 aliphatic heterocycles. The van der Waals surface area contributed by atoms with Gasteiger partial charge in [0, 0.05) is 17.1 Å². The van der Waals surface area contributed by atoms with Gasteiger partial charge < -0.3 is 5.32 Å². The topological polar surface area (TPSA) is 35.8 Å². The molecule has 0 saturated heterocycles. The fourth-order valence-electron chi connectivity index (χ4n) is 2.05. The average Bonchev–Trinajstić information content (AvgIpc) is 2.38. The van der Waals surface area contributed by atoms with E-state index in [9.17, 15) is 9.65 Å². The van der Waals surface area contributed by atoms with Crippen LogP contribution in [0.15, 0.2) is 48.5 Å². The molecule has 102 valence electrons. The minimum atomic E-state index is -0.835. The molecule has 1 N–H and O–H groups in total. The van der Waals surface area contributed by atoms with Crippen molar-refractivity contribution in [2.24, 2.45) is 0 Å². The summed E-state index contributed by atoms with van der Waals surface area (Å²) in [6.07, 6.45) is 0.397. The highest BCUT2D eigenvalue weighted by molar-refractivity contribution is 6.30. The van der Waals surface area contributed by atoms with Gasteiger partial charge in [0.05, 0.1) is 6.07 Å². The first-order chi connectivity index (χ1) is 9.50. The van der Waals surface area contributed by atoms with E-state index >= 15 is 0 Å². The van der Waals surface area contributed by atoms with Crippen molar-refractivity contribution < 1.29 is 4.39 Å². The SMILES string of the molecule is CC(C#N)(Cc1cccc(F)c1)Nc1cccc(Cl)c1. The van der Waals surface area contributed by atoms with E-state index in [1.807, 2.05) is 12.1 Å². The van der Waals surface area contributed by atoms with Gasteiger partial charge in [-0.2, -0.15) is 5.26 Å². The molecule has 0 fully saturated rings. The van der Waals surface area contributed by atoms with Crippen molar-refractivity contribution in [3.63, 3.8) is 0 Å². The maximum atomic E-state index is 13.2. The maximum Gasteiger partial charge on any atom is 0.126 e. The van der Waals surface area contributed by atoms with Gasteiger partial charge in [-0.05, 0) is 42.8 Å². The fraction of sp³-hybridized carbons (Fsp3) is 0.188. The quantitative estimate of drug-likeness (QED) is 0.904. The highest BCUT2D eigenvalue weighted by Gasteiger charge is 2.24. The molecular weight excluding hydrogens is 275 g/mol. The number of nitrogens with zero attached hydrogens (tertiary/aromatic N) is 1. The average molecular weight is 289 g/mol. The summed E-state index contributed by atoms with van der Waals surface area (Å²) in [6.45, 7) is 1.78. The predicted octanol–water partition coefficient (Wildman–Crippen LogP) is 4.42. The number of anilines is 1. The molecule has 0 aliphatic rings. The lowest BCUT2D eigenvalue weighted by Gasteiger charge is -2.24. The molecule has 0 heterocycles. The molecule has 4 heteroatoms. The van der Waals surface area contributed by atoms with Crippen molar-refractivity contribution in [2.45, 2.75) is 18.9 Å². The lowest BCUT2D eigenvalue weighted by atomic mass is 9.94. The van der Waals surface area contributed by atoms with Gasteiger partial charge in [0.1, 0.15) is 11.4 Å². The van der Waals surface area contributed by atoms with Gasteiger partial charge >= 0.3 is 0 Å². The molecule has 0 aromatic heterocycles. The van der Waals surface area contributed by atoms with Crippen LogP contribution in [0.5, 0.6) is 0 Å². The Morgan fingerprint density at radius 1 is 1.25 bits per heavy atom. The van der Waals surface area contributed by atoms with Crippen LogP contribution in [-0.4, -0.2) is 5.54 Å². The van der Waals surface area contributed by atoms with Gasteiger partial charge in [0.15, 0.2) is 0 Å². The van der Waals surface area contributed by atoms with Crippen LogP contribution < -0.4 is 5.32 Å². The van der Waals surface area contributed by atoms with Gasteiger partial charge in [0.25, 0.3) is 0 Å². The van der Waals surface area contributed by atoms with E-state index < -0.39 is 5.54 Å². The van der Waals surface area contributed by atoms with E-state index in [4.69, 9.17) is 11.6 Å². The number of nitriles is 1. The van der Waals surface area contributed by atoms with Crippen molar-refractivity contribution in [3.8, 4) is 6.07 Å². The second kappa shape index (κ2) is 5.94. The Labute approximate surface area is 122 Å². The highest BCUT2D eigenvalue weighted by Crippen LogP contribution is 2.22. The monoisotopic (exact) mass is 288 g/mol. The zero-order chi connectivity index (χ0) is 14.6. The van der Waals surface area contributed by atoms with Gasteiger partial charge in [-0.3, -0.25) is 0 Å². The largest absolute Gasteiger partial charge is 0.367 e. The Balaban J connectivity index is 2.19. The molecule has 0 radical (unpaired) electrons. The van der Waals surface area contributed by atoms with E-state index in [-0.39, 0.29) is 5.82 Å². The summed E-state index contributed by atoms with van der Waals surface area (Å²) < 4.78 is 13.2. The second-order valence-corrected chi connectivity index (χ2v) is 5.32. The highest BCUT2D eigenvalue weighted by atomic mass is 35.5. The Morgan fingerprint density at radius 3 is 2.65 bits per heavy atom. The van der Waals surface area contributed by atoms with Crippen LogP contribution in [0.3, 0.4) is 0 Å². The minimum absolute atomic E-state index is 0.300. The zero-order valence-corrected chi connectivity index (χ0v) is 11.8. The van der Waals surface area contributed by atoms with E-state index in [1.165, 1.54) is 12.1 Å². The molecule has 1 unspecified atom stereocenters. The maximum absolute atomic E-state index is 13.2. The number of hydrogen-bond donors (Lipinski definition) is 1. The first-order valence-electron chi connectivity index (χ1n) is 6.20. The molecule has 0 saturated carbocycles. The van der Waals surface area contributed by atoms with Gasteiger partial charge in [-0.1, -0.05) is 29.8 Å². The predicted molar refractivity (Wildman–Crippen MR) is 79.2 cm³/mol. The lowest BCUT2D eigenvalue weighted by molar-refractivity contribution is 0.613. The lowest BCUT2D eigenvalue weighted by Crippen LogP contribution is -2.35. The van der Waals surface area contributed by atoms with Crippen LogP contribution in [0.1, 0.15) is 12.5 Å². The summed E-state index contributed by atoms with van der Waals surface area (Å²) in [7, 11) is 0. The Morgan fingerprint density at radius 2 is 2.00 bits per heavy atom. The van der Waals surface area contributed by atoms with Crippen molar-refractivity contribution in [1.82, 2.24) is 0 Å². The van der Waals surface area contributed by atoms with E-state index in [0.29, 0.717) is 11.4 Å². The first kappa shape index (κ1) is 14.4. The van der Waals surface area contributed by atoms with Crippen LogP contribution in [0.25, 0.3) is 0 Å². The van der Waals surface area contributed by atoms with Gasteiger partial charge in [-0.25, -0.2) is 4.39 Å². The van der Waals surface area contributed by atoms with E-state index in [1.54, 1.807) is 31.2 Å².